The number of aryl methyl sites for hydroxylation is 1. The molecule has 2 aromatic carbocycles. The molecule has 0 saturated heterocycles. The minimum atomic E-state index is -0.154. The summed E-state index contributed by atoms with van der Waals surface area (Å²) in [6, 6.07) is 11.0. The van der Waals surface area contributed by atoms with E-state index in [0.29, 0.717) is 5.56 Å². The van der Waals surface area contributed by atoms with Gasteiger partial charge in [0.25, 0.3) is 5.91 Å². The van der Waals surface area contributed by atoms with Gasteiger partial charge in [0.15, 0.2) is 0 Å². The standard InChI is InChI=1S/C18H19N3O2/c1-11(2)23-17-7-5-14(8-12(17)3)21-18(22)13-4-6-15-16(9-13)20-10-19-15/h4-11H,1-3H3,(H,19,20)(H,21,22). The Morgan fingerprint density at radius 3 is 2.78 bits per heavy atom. The van der Waals surface area contributed by atoms with Gasteiger partial charge in [-0.3, -0.25) is 4.79 Å². The normalized spacial score (nSPS) is 11.0. The van der Waals surface area contributed by atoms with Crippen molar-refractivity contribution in [1.29, 1.82) is 0 Å². The SMILES string of the molecule is Cc1cc(NC(=O)c2ccc3nc[nH]c3c2)ccc1OC(C)C. The summed E-state index contributed by atoms with van der Waals surface area (Å²) < 4.78 is 5.71. The molecule has 118 valence electrons. The molecule has 0 bridgehead atoms. The number of carbonyl (C=O) groups is 1. The summed E-state index contributed by atoms with van der Waals surface area (Å²) in [5, 5.41) is 2.91. The van der Waals surface area contributed by atoms with E-state index in [2.05, 4.69) is 15.3 Å². The number of nitrogens with one attached hydrogen (secondary N) is 2. The van der Waals surface area contributed by atoms with Crippen LogP contribution in [0.3, 0.4) is 0 Å². The van der Waals surface area contributed by atoms with E-state index in [1.807, 2.05) is 45.0 Å². The fourth-order valence-corrected chi connectivity index (χ4v) is 2.39. The number of anilines is 1. The van der Waals surface area contributed by atoms with Crippen molar-refractivity contribution in [3.8, 4) is 5.75 Å². The molecule has 3 rings (SSSR count). The van der Waals surface area contributed by atoms with E-state index in [4.69, 9.17) is 4.74 Å². The summed E-state index contributed by atoms with van der Waals surface area (Å²) in [4.78, 5) is 19.5. The van der Waals surface area contributed by atoms with E-state index in [1.54, 1.807) is 18.5 Å². The third kappa shape index (κ3) is 3.34. The van der Waals surface area contributed by atoms with Crippen LogP contribution in [0.1, 0.15) is 29.8 Å². The largest absolute Gasteiger partial charge is 0.491 e. The lowest BCUT2D eigenvalue weighted by atomic mass is 10.1. The summed E-state index contributed by atoms with van der Waals surface area (Å²) in [6.45, 7) is 5.94. The van der Waals surface area contributed by atoms with Crippen molar-refractivity contribution in [3.63, 3.8) is 0 Å². The van der Waals surface area contributed by atoms with Crippen LogP contribution in [0.5, 0.6) is 5.75 Å². The van der Waals surface area contributed by atoms with Crippen LogP contribution in [-0.2, 0) is 0 Å². The van der Waals surface area contributed by atoms with Crippen LogP contribution in [0.15, 0.2) is 42.7 Å². The molecule has 0 aliphatic rings. The number of ether oxygens (including phenoxy) is 1. The molecule has 0 fully saturated rings. The Hall–Kier alpha value is -2.82. The molecule has 5 heteroatoms. The fourth-order valence-electron chi connectivity index (χ4n) is 2.39. The molecule has 0 radical (unpaired) electrons. The first-order valence-corrected chi connectivity index (χ1v) is 7.55. The lowest BCUT2D eigenvalue weighted by Crippen LogP contribution is -2.12. The minimum absolute atomic E-state index is 0.121. The maximum absolute atomic E-state index is 12.4. The highest BCUT2D eigenvalue weighted by molar-refractivity contribution is 6.05. The molecule has 0 unspecified atom stereocenters. The summed E-state index contributed by atoms with van der Waals surface area (Å²) >= 11 is 0. The molecule has 3 aromatic rings. The molecule has 1 amide bonds. The number of amides is 1. The monoisotopic (exact) mass is 309 g/mol. The van der Waals surface area contributed by atoms with Crippen molar-refractivity contribution in [2.75, 3.05) is 5.32 Å². The average Bonchev–Trinajstić information content (AvgIpc) is 2.97. The van der Waals surface area contributed by atoms with Crippen LogP contribution >= 0.6 is 0 Å². The number of rotatable bonds is 4. The predicted octanol–water partition coefficient (Wildman–Crippen LogP) is 3.91. The first-order valence-electron chi connectivity index (χ1n) is 7.55. The zero-order valence-electron chi connectivity index (χ0n) is 13.4. The number of nitrogens with zero attached hydrogens (tertiary/aromatic N) is 1. The molecule has 0 saturated carbocycles. The van der Waals surface area contributed by atoms with Crippen molar-refractivity contribution < 1.29 is 9.53 Å². The van der Waals surface area contributed by atoms with Gasteiger partial charge in [-0.25, -0.2) is 4.98 Å². The number of imidazole rings is 1. The Labute approximate surface area is 134 Å². The van der Waals surface area contributed by atoms with Gasteiger partial charge in [0.05, 0.1) is 23.5 Å². The third-order valence-electron chi connectivity index (χ3n) is 3.48. The lowest BCUT2D eigenvalue weighted by Gasteiger charge is -2.13. The number of fused-ring (bicyclic) bond motifs is 1. The predicted molar refractivity (Wildman–Crippen MR) is 91.0 cm³/mol. The first-order chi connectivity index (χ1) is 11.0. The van der Waals surface area contributed by atoms with Crippen LogP contribution in [0.25, 0.3) is 11.0 Å². The molecule has 23 heavy (non-hydrogen) atoms. The highest BCUT2D eigenvalue weighted by Crippen LogP contribution is 2.23. The lowest BCUT2D eigenvalue weighted by molar-refractivity contribution is 0.102. The smallest absolute Gasteiger partial charge is 0.255 e. The number of carbonyl (C=O) groups excluding carboxylic acids is 1. The van der Waals surface area contributed by atoms with Gasteiger partial charge in [0.2, 0.25) is 0 Å². The maximum atomic E-state index is 12.4. The van der Waals surface area contributed by atoms with Crippen molar-refractivity contribution in [2.45, 2.75) is 26.9 Å². The molecule has 0 aliphatic heterocycles. The highest BCUT2D eigenvalue weighted by atomic mass is 16.5. The van der Waals surface area contributed by atoms with Crippen LogP contribution in [-0.4, -0.2) is 22.0 Å². The topological polar surface area (TPSA) is 67.0 Å². The van der Waals surface area contributed by atoms with E-state index >= 15 is 0 Å². The van der Waals surface area contributed by atoms with Crippen molar-refractivity contribution in [2.24, 2.45) is 0 Å². The zero-order valence-corrected chi connectivity index (χ0v) is 13.4. The molecule has 2 N–H and O–H groups in total. The zero-order chi connectivity index (χ0) is 16.4. The number of aromatic amines is 1. The van der Waals surface area contributed by atoms with Gasteiger partial charge in [-0.2, -0.15) is 0 Å². The Bertz CT molecular complexity index is 852. The molecule has 0 atom stereocenters. The van der Waals surface area contributed by atoms with E-state index < -0.39 is 0 Å². The maximum Gasteiger partial charge on any atom is 0.255 e. The van der Waals surface area contributed by atoms with E-state index in [1.165, 1.54) is 0 Å². The number of hydrogen-bond donors (Lipinski definition) is 2. The summed E-state index contributed by atoms with van der Waals surface area (Å²) in [5.41, 5.74) is 4.00. The number of aromatic nitrogens is 2. The molecule has 5 nitrogen and oxygen atoms in total. The van der Waals surface area contributed by atoms with Crippen molar-refractivity contribution >= 4 is 22.6 Å². The van der Waals surface area contributed by atoms with Crippen LogP contribution in [0.4, 0.5) is 5.69 Å². The highest BCUT2D eigenvalue weighted by Gasteiger charge is 2.09. The number of hydrogen-bond acceptors (Lipinski definition) is 3. The summed E-state index contributed by atoms with van der Waals surface area (Å²) in [7, 11) is 0. The molecular weight excluding hydrogens is 290 g/mol. The second-order valence-corrected chi connectivity index (χ2v) is 5.74. The number of benzene rings is 2. The van der Waals surface area contributed by atoms with Crippen LogP contribution in [0.2, 0.25) is 0 Å². The molecule has 0 spiro atoms. The van der Waals surface area contributed by atoms with E-state index in [-0.39, 0.29) is 12.0 Å². The Morgan fingerprint density at radius 1 is 1.22 bits per heavy atom. The molecule has 0 aliphatic carbocycles. The van der Waals surface area contributed by atoms with Crippen molar-refractivity contribution in [3.05, 3.63) is 53.9 Å². The van der Waals surface area contributed by atoms with Crippen LogP contribution in [0, 0.1) is 6.92 Å². The minimum Gasteiger partial charge on any atom is -0.491 e. The second-order valence-electron chi connectivity index (χ2n) is 5.74. The van der Waals surface area contributed by atoms with Gasteiger partial charge in [0.1, 0.15) is 5.75 Å². The first kappa shape index (κ1) is 15.1. The van der Waals surface area contributed by atoms with Gasteiger partial charge < -0.3 is 15.0 Å². The van der Waals surface area contributed by atoms with Gasteiger partial charge in [-0.1, -0.05) is 0 Å². The second kappa shape index (κ2) is 6.12. The average molecular weight is 309 g/mol. The van der Waals surface area contributed by atoms with Gasteiger partial charge >= 0.3 is 0 Å². The van der Waals surface area contributed by atoms with Gasteiger partial charge in [0, 0.05) is 11.3 Å². The van der Waals surface area contributed by atoms with Gasteiger partial charge in [-0.15, -0.1) is 0 Å². The Kier molecular flexibility index (Phi) is 4.02. The summed E-state index contributed by atoms with van der Waals surface area (Å²) in [5.74, 6) is 0.676. The summed E-state index contributed by atoms with van der Waals surface area (Å²) in [6.07, 6.45) is 1.73. The molecule has 1 aromatic heterocycles. The number of H-pyrrole nitrogens is 1. The molecular formula is C18H19N3O2. The Morgan fingerprint density at radius 2 is 2.04 bits per heavy atom. The van der Waals surface area contributed by atoms with Crippen LogP contribution < -0.4 is 10.1 Å². The molecule has 1 heterocycles. The van der Waals surface area contributed by atoms with Gasteiger partial charge in [-0.05, 0) is 62.7 Å². The fraction of sp³-hybridized carbons (Fsp3) is 0.222. The third-order valence-corrected chi connectivity index (χ3v) is 3.48. The Balaban J connectivity index is 1.78. The quantitative estimate of drug-likeness (QED) is 0.768. The van der Waals surface area contributed by atoms with E-state index in [9.17, 15) is 4.79 Å². The van der Waals surface area contributed by atoms with Crippen molar-refractivity contribution in [1.82, 2.24) is 9.97 Å². The van der Waals surface area contributed by atoms with E-state index in [0.717, 1.165) is 28.0 Å².